The summed E-state index contributed by atoms with van der Waals surface area (Å²) in [6, 6.07) is 7.29. The van der Waals surface area contributed by atoms with Crippen molar-refractivity contribution in [1.29, 1.82) is 0 Å². The normalized spacial score (nSPS) is 11.5. The van der Waals surface area contributed by atoms with E-state index in [1.807, 2.05) is 78.8 Å². The van der Waals surface area contributed by atoms with Crippen molar-refractivity contribution in [2.45, 2.75) is 114 Å². The molecule has 0 aliphatic heterocycles. The molecule has 0 saturated heterocycles. The van der Waals surface area contributed by atoms with Gasteiger partial charge in [-0.1, -0.05) is 91.7 Å². The van der Waals surface area contributed by atoms with Crippen molar-refractivity contribution in [3.05, 3.63) is 65.1 Å². The van der Waals surface area contributed by atoms with Gasteiger partial charge in [0, 0.05) is 25.8 Å². The zero-order valence-corrected chi connectivity index (χ0v) is 29.4. The summed E-state index contributed by atoms with van der Waals surface area (Å²) in [6.45, 7) is 28.7. The number of esters is 1. The predicted octanol–water partition coefficient (Wildman–Crippen LogP) is 9.16. The third kappa shape index (κ3) is 19.9. The molecular weight excluding hydrogens is 538 g/mol. The molecular formula is C36H65N3O4. The first kappa shape index (κ1) is 44.7. The summed E-state index contributed by atoms with van der Waals surface area (Å²) in [5, 5.41) is 0. The van der Waals surface area contributed by atoms with Crippen molar-refractivity contribution in [3.8, 4) is 0 Å². The van der Waals surface area contributed by atoms with E-state index in [-0.39, 0.29) is 18.3 Å². The lowest BCUT2D eigenvalue weighted by atomic mass is 9.91. The number of hydrogen-bond donors (Lipinski definition) is 1. The molecule has 0 aliphatic carbocycles. The van der Waals surface area contributed by atoms with Crippen LogP contribution in [0.2, 0.25) is 0 Å². The summed E-state index contributed by atoms with van der Waals surface area (Å²) >= 11 is 0. The van der Waals surface area contributed by atoms with Crippen LogP contribution in [0.1, 0.15) is 125 Å². The molecule has 2 rings (SSSR count). The van der Waals surface area contributed by atoms with Gasteiger partial charge in [0.15, 0.2) is 0 Å². The van der Waals surface area contributed by atoms with Crippen molar-refractivity contribution < 1.29 is 14.3 Å². The monoisotopic (exact) mass is 603 g/mol. The maximum absolute atomic E-state index is 13.0. The number of para-hydroxylation sites is 2. The first-order chi connectivity index (χ1) is 20.7. The number of nitrogens with two attached hydrogens (primary N) is 1. The van der Waals surface area contributed by atoms with Crippen LogP contribution in [-0.2, 0) is 9.47 Å². The molecule has 2 atom stereocenters. The standard InChI is InChI=1S/C21H28N2O3.C7H15N.C4H10O.2C2H6/c1-6-16(12-14(3)4)13-15(5)23-18-11-9-8-10-17(18)22-19(20(23)24)21(25)26-7-2;1-2-3-4-5-6-7-8;1-3-5-4-2;2*1-2/h6,8-11,14-16H,1,7,12-13H2,2-5H3;5-6H,2-4,7-8H2,1H3;3-4H2,1-2H3;2*1-2H3/b;6-5-;;;/t15-,16?;;;;/m0..../s1. The summed E-state index contributed by atoms with van der Waals surface area (Å²) in [7, 11) is 0. The Bertz CT molecular complexity index is 1030. The molecule has 1 unspecified atom stereocenters. The number of unbranched alkanes of at least 4 members (excludes halogenated alkanes) is 2. The largest absolute Gasteiger partial charge is 0.461 e. The van der Waals surface area contributed by atoms with E-state index in [1.54, 1.807) is 17.6 Å². The second kappa shape index (κ2) is 30.7. The van der Waals surface area contributed by atoms with Gasteiger partial charge in [-0.25, -0.2) is 9.78 Å². The van der Waals surface area contributed by atoms with Crippen LogP contribution in [0.4, 0.5) is 0 Å². The summed E-state index contributed by atoms with van der Waals surface area (Å²) in [5.74, 6) is 0.174. The highest BCUT2D eigenvalue weighted by Gasteiger charge is 2.22. The number of rotatable bonds is 14. The third-order valence-corrected chi connectivity index (χ3v) is 5.89. The number of fused-ring (bicyclic) bond motifs is 1. The molecule has 0 spiro atoms. The molecule has 1 aromatic carbocycles. The number of nitrogens with zero attached hydrogens (tertiary/aromatic N) is 2. The van der Waals surface area contributed by atoms with Gasteiger partial charge in [-0.3, -0.25) is 4.79 Å². The smallest absolute Gasteiger partial charge is 0.362 e. The molecule has 0 aliphatic rings. The highest BCUT2D eigenvalue weighted by molar-refractivity contribution is 5.89. The van der Waals surface area contributed by atoms with Crippen LogP contribution in [0.15, 0.2) is 53.9 Å². The van der Waals surface area contributed by atoms with Crippen molar-refractivity contribution in [1.82, 2.24) is 9.55 Å². The summed E-state index contributed by atoms with van der Waals surface area (Å²) in [6.07, 6.45) is 11.6. The van der Waals surface area contributed by atoms with Crippen LogP contribution in [0.3, 0.4) is 0 Å². The van der Waals surface area contributed by atoms with Gasteiger partial charge in [0.05, 0.1) is 17.6 Å². The summed E-state index contributed by atoms with van der Waals surface area (Å²) in [4.78, 5) is 29.5. The molecule has 1 heterocycles. The van der Waals surface area contributed by atoms with Gasteiger partial charge in [0.25, 0.3) is 5.56 Å². The number of benzene rings is 1. The zero-order chi connectivity index (χ0) is 33.6. The lowest BCUT2D eigenvalue weighted by molar-refractivity contribution is 0.0516. The fourth-order valence-corrected chi connectivity index (χ4v) is 4.10. The van der Waals surface area contributed by atoms with Crippen molar-refractivity contribution in [2.75, 3.05) is 26.4 Å². The molecule has 0 amide bonds. The average Bonchev–Trinajstić information content (AvgIpc) is 3.01. The van der Waals surface area contributed by atoms with E-state index >= 15 is 0 Å². The lowest BCUT2D eigenvalue weighted by Gasteiger charge is -2.23. The molecule has 0 radical (unpaired) electrons. The number of carbonyl (C=O) groups is 1. The maximum Gasteiger partial charge on any atom is 0.362 e. The van der Waals surface area contributed by atoms with E-state index in [4.69, 9.17) is 15.2 Å². The first-order valence-electron chi connectivity index (χ1n) is 16.5. The third-order valence-electron chi connectivity index (χ3n) is 5.89. The zero-order valence-electron chi connectivity index (χ0n) is 29.4. The van der Waals surface area contributed by atoms with E-state index in [0.717, 1.165) is 31.6 Å². The summed E-state index contributed by atoms with van der Waals surface area (Å²) in [5.41, 5.74) is 6.01. The van der Waals surface area contributed by atoms with Crippen LogP contribution < -0.4 is 11.3 Å². The van der Waals surface area contributed by atoms with E-state index in [0.29, 0.717) is 23.9 Å². The molecule has 0 saturated carbocycles. The van der Waals surface area contributed by atoms with Gasteiger partial charge in [0.2, 0.25) is 5.69 Å². The van der Waals surface area contributed by atoms with Gasteiger partial charge in [-0.2, -0.15) is 0 Å². The van der Waals surface area contributed by atoms with Gasteiger partial charge >= 0.3 is 5.97 Å². The minimum Gasteiger partial charge on any atom is -0.461 e. The second-order valence-electron chi connectivity index (χ2n) is 9.69. The topological polar surface area (TPSA) is 96.4 Å². The number of aromatic nitrogens is 2. The Kier molecular flexibility index (Phi) is 31.9. The first-order valence-corrected chi connectivity index (χ1v) is 16.5. The highest BCUT2D eigenvalue weighted by Crippen LogP contribution is 2.25. The van der Waals surface area contributed by atoms with Crippen LogP contribution in [0.5, 0.6) is 0 Å². The minimum atomic E-state index is -0.674. The van der Waals surface area contributed by atoms with E-state index in [1.165, 1.54) is 19.3 Å². The SMILES string of the molecule is C=CC(CC(C)C)C[C@H](C)n1c(=O)c(C(=O)OCC)nc2ccccc21.CC.CC.CCCC/C=C\CN.CCOCC. The maximum atomic E-state index is 13.0. The fourth-order valence-electron chi connectivity index (χ4n) is 4.10. The number of carbonyl (C=O) groups excluding carboxylic acids is 1. The minimum absolute atomic E-state index is 0.0923. The molecule has 248 valence electrons. The van der Waals surface area contributed by atoms with Gasteiger partial charge in [-0.05, 0) is 70.9 Å². The van der Waals surface area contributed by atoms with Crippen LogP contribution >= 0.6 is 0 Å². The Balaban J connectivity index is -0.000000777. The Morgan fingerprint density at radius 1 is 0.977 bits per heavy atom. The van der Waals surface area contributed by atoms with Crippen LogP contribution in [0.25, 0.3) is 11.0 Å². The highest BCUT2D eigenvalue weighted by atomic mass is 16.5. The molecule has 7 nitrogen and oxygen atoms in total. The lowest BCUT2D eigenvalue weighted by Crippen LogP contribution is -2.32. The predicted molar refractivity (Wildman–Crippen MR) is 187 cm³/mol. The number of ether oxygens (including phenoxy) is 2. The Morgan fingerprint density at radius 2 is 1.58 bits per heavy atom. The van der Waals surface area contributed by atoms with E-state index in [2.05, 4.69) is 38.4 Å². The second-order valence-corrected chi connectivity index (χ2v) is 9.69. The Morgan fingerprint density at radius 3 is 2.05 bits per heavy atom. The Labute approximate surface area is 264 Å². The molecule has 2 N–H and O–H groups in total. The molecule has 0 fully saturated rings. The number of hydrogen-bond acceptors (Lipinski definition) is 6. The van der Waals surface area contributed by atoms with E-state index < -0.39 is 11.5 Å². The number of allylic oxidation sites excluding steroid dienone is 2. The van der Waals surface area contributed by atoms with Crippen molar-refractivity contribution in [2.24, 2.45) is 17.6 Å². The molecule has 2 aromatic rings. The summed E-state index contributed by atoms with van der Waals surface area (Å²) < 4.78 is 11.5. The van der Waals surface area contributed by atoms with Crippen LogP contribution in [0, 0.1) is 11.8 Å². The fraction of sp³-hybridized carbons (Fsp3) is 0.639. The average molecular weight is 604 g/mol. The Hall–Kier alpha value is -2.77. The van der Waals surface area contributed by atoms with Crippen molar-refractivity contribution >= 4 is 17.0 Å². The molecule has 7 heteroatoms. The molecule has 1 aromatic heterocycles. The molecule has 43 heavy (non-hydrogen) atoms. The van der Waals surface area contributed by atoms with Gasteiger partial charge in [0.1, 0.15) is 0 Å². The molecule has 0 bridgehead atoms. The van der Waals surface area contributed by atoms with Gasteiger partial charge < -0.3 is 19.8 Å². The van der Waals surface area contributed by atoms with Crippen LogP contribution in [-0.4, -0.2) is 41.9 Å². The van der Waals surface area contributed by atoms with E-state index in [9.17, 15) is 9.59 Å². The van der Waals surface area contributed by atoms with Gasteiger partial charge in [-0.15, -0.1) is 6.58 Å². The quantitative estimate of drug-likeness (QED) is 0.131. The van der Waals surface area contributed by atoms with Crippen molar-refractivity contribution in [3.63, 3.8) is 0 Å².